The molecule has 0 N–H and O–H groups in total. The Balaban J connectivity index is 3.55. The summed E-state index contributed by atoms with van der Waals surface area (Å²) in [5, 5.41) is 9.40. The summed E-state index contributed by atoms with van der Waals surface area (Å²) in [5.41, 5.74) is -2.95. The molecule has 0 aliphatic carbocycles. The minimum absolute atomic E-state index is 0.0773. The molecule has 1 aromatic rings. The number of benzene rings is 1. The van der Waals surface area contributed by atoms with Crippen molar-refractivity contribution in [3.63, 3.8) is 0 Å². The number of carbonyl (C=O) groups excluding carboxylic acids is 2. The van der Waals surface area contributed by atoms with Crippen molar-refractivity contribution in [1.29, 1.82) is 0 Å². The number of nitrogens with zero attached hydrogens (tertiary/aromatic N) is 2. The van der Waals surface area contributed by atoms with Gasteiger partial charge in [-0.25, -0.2) is 13.6 Å². The van der Waals surface area contributed by atoms with Gasteiger partial charge in [-0.1, -0.05) is 11.6 Å². The third-order valence-corrected chi connectivity index (χ3v) is 2.82. The summed E-state index contributed by atoms with van der Waals surface area (Å²) in [7, 11) is 0.720. The number of rotatable bonds is 3. The fourth-order valence-electron chi connectivity index (χ4n) is 1.51. The first kappa shape index (κ1) is 17.7. The molecule has 120 valence electrons. The Bertz CT molecular complexity index is 668. The van der Waals surface area contributed by atoms with Crippen LogP contribution in [0.2, 0.25) is 5.02 Å². The summed E-state index contributed by atoms with van der Waals surface area (Å²) in [6, 6.07) is 0. The highest BCUT2D eigenvalue weighted by Crippen LogP contribution is 2.39. The maximum Gasteiger partial charge on any atom is 0.397 e. The van der Waals surface area contributed by atoms with E-state index in [0.29, 0.717) is 0 Å². The minimum atomic E-state index is -1.95. The molecule has 1 amide bonds. The third kappa shape index (κ3) is 2.96. The van der Waals surface area contributed by atoms with Gasteiger partial charge < -0.3 is 4.74 Å². The van der Waals surface area contributed by atoms with Gasteiger partial charge >= 0.3 is 17.6 Å². The lowest BCUT2D eigenvalue weighted by Gasteiger charge is -2.17. The molecule has 0 aliphatic heterocycles. The Labute approximate surface area is 126 Å². The molecule has 0 fully saturated rings. The van der Waals surface area contributed by atoms with Crippen molar-refractivity contribution in [3.8, 4) is 0 Å². The van der Waals surface area contributed by atoms with Crippen molar-refractivity contribution >= 4 is 34.9 Å². The van der Waals surface area contributed by atoms with Crippen LogP contribution in [0, 0.1) is 27.6 Å². The highest BCUT2D eigenvalue weighted by atomic mass is 35.5. The summed E-state index contributed by atoms with van der Waals surface area (Å²) < 4.78 is 45.3. The maximum atomic E-state index is 13.8. The quantitative estimate of drug-likeness (QED) is 0.210. The Morgan fingerprint density at radius 3 is 2.27 bits per heavy atom. The SMILES string of the molecule is CCOC(=O)C(=O)N(C)c1c(F)c(F)c(Cl)c(F)c1[N+](=O)[O-]. The van der Waals surface area contributed by atoms with E-state index in [1.54, 1.807) is 0 Å². The monoisotopic (exact) mass is 340 g/mol. The number of esters is 1. The average molecular weight is 341 g/mol. The number of halogens is 4. The van der Waals surface area contributed by atoms with E-state index in [2.05, 4.69) is 4.74 Å². The standard InChI is InChI=1S/C11H8ClF3N2O5/c1-3-22-11(19)10(18)16(2)8-7(15)5(13)4(12)6(14)9(8)17(20)21/h3H2,1-2H3. The molecule has 11 heteroatoms. The fourth-order valence-corrected chi connectivity index (χ4v) is 1.68. The van der Waals surface area contributed by atoms with Crippen molar-refractivity contribution in [2.75, 3.05) is 18.6 Å². The van der Waals surface area contributed by atoms with Crippen LogP contribution in [-0.4, -0.2) is 30.5 Å². The van der Waals surface area contributed by atoms with Crippen LogP contribution in [0.25, 0.3) is 0 Å². The smallest absolute Gasteiger partial charge is 0.397 e. The molecule has 1 aromatic carbocycles. The zero-order chi connectivity index (χ0) is 17.2. The molecule has 0 saturated carbocycles. The van der Waals surface area contributed by atoms with Crippen molar-refractivity contribution in [1.82, 2.24) is 0 Å². The number of anilines is 1. The molecule has 0 bridgehead atoms. The van der Waals surface area contributed by atoms with Gasteiger partial charge in [0.15, 0.2) is 17.3 Å². The predicted molar refractivity (Wildman–Crippen MR) is 68.0 cm³/mol. The molecule has 0 unspecified atom stereocenters. The van der Waals surface area contributed by atoms with Gasteiger partial charge in [-0.3, -0.25) is 19.8 Å². The van der Waals surface area contributed by atoms with Crippen molar-refractivity contribution in [2.24, 2.45) is 0 Å². The lowest BCUT2D eigenvalue weighted by molar-refractivity contribution is -0.386. The Hall–Kier alpha value is -2.36. The summed E-state index contributed by atoms with van der Waals surface area (Å²) >= 11 is 5.11. The zero-order valence-electron chi connectivity index (χ0n) is 11.2. The molecule has 0 radical (unpaired) electrons. The number of hydrogen-bond acceptors (Lipinski definition) is 5. The van der Waals surface area contributed by atoms with E-state index in [1.165, 1.54) is 6.92 Å². The largest absolute Gasteiger partial charge is 0.459 e. The van der Waals surface area contributed by atoms with E-state index in [0.717, 1.165) is 7.05 Å². The second-order valence-corrected chi connectivity index (χ2v) is 4.17. The Morgan fingerprint density at radius 1 is 1.27 bits per heavy atom. The predicted octanol–water partition coefficient (Wildman–Crippen LogP) is 2.19. The second-order valence-electron chi connectivity index (χ2n) is 3.79. The van der Waals surface area contributed by atoms with Gasteiger partial charge in [0.1, 0.15) is 5.02 Å². The normalized spacial score (nSPS) is 10.3. The van der Waals surface area contributed by atoms with Crippen molar-refractivity contribution in [3.05, 3.63) is 32.6 Å². The van der Waals surface area contributed by atoms with Crippen LogP contribution in [-0.2, 0) is 14.3 Å². The van der Waals surface area contributed by atoms with Crippen LogP contribution in [0.15, 0.2) is 0 Å². The van der Waals surface area contributed by atoms with Crippen LogP contribution < -0.4 is 4.90 Å². The molecular formula is C11H8ClF3N2O5. The fraction of sp³-hybridized carbons (Fsp3) is 0.273. The molecular weight excluding hydrogens is 333 g/mol. The number of carbonyl (C=O) groups is 2. The molecule has 0 saturated heterocycles. The summed E-state index contributed by atoms with van der Waals surface area (Å²) in [6.07, 6.45) is 0. The Kier molecular flexibility index (Phi) is 5.31. The van der Waals surface area contributed by atoms with Crippen molar-refractivity contribution in [2.45, 2.75) is 6.92 Å². The molecule has 0 aromatic heterocycles. The van der Waals surface area contributed by atoms with Crippen LogP contribution >= 0.6 is 11.6 Å². The van der Waals surface area contributed by atoms with Crippen LogP contribution in [0.1, 0.15) is 6.92 Å². The minimum Gasteiger partial charge on any atom is -0.459 e. The molecule has 7 nitrogen and oxygen atoms in total. The lowest BCUT2D eigenvalue weighted by Crippen LogP contribution is -2.36. The topological polar surface area (TPSA) is 89.8 Å². The number of likely N-dealkylation sites (N-methyl/N-ethyl adjacent to an activating group) is 1. The van der Waals surface area contributed by atoms with Gasteiger partial charge in [-0.2, -0.15) is 4.39 Å². The third-order valence-electron chi connectivity index (χ3n) is 2.49. The first-order valence-electron chi connectivity index (χ1n) is 5.60. The van der Waals surface area contributed by atoms with Crippen LogP contribution in [0.3, 0.4) is 0 Å². The zero-order valence-corrected chi connectivity index (χ0v) is 11.9. The molecule has 22 heavy (non-hydrogen) atoms. The van der Waals surface area contributed by atoms with Gasteiger partial charge in [0.05, 0.1) is 11.5 Å². The average Bonchev–Trinajstić information content (AvgIpc) is 2.46. The highest BCUT2D eigenvalue weighted by molar-refractivity contribution is 6.38. The van der Waals surface area contributed by atoms with Gasteiger partial charge in [0.25, 0.3) is 0 Å². The lowest BCUT2D eigenvalue weighted by atomic mass is 10.2. The van der Waals surface area contributed by atoms with Gasteiger partial charge in [-0.05, 0) is 6.92 Å². The number of nitro groups is 1. The van der Waals surface area contributed by atoms with E-state index < -0.39 is 50.6 Å². The number of ether oxygens (including phenoxy) is 1. The van der Waals surface area contributed by atoms with Crippen molar-refractivity contribution < 1.29 is 32.4 Å². The molecule has 1 rings (SSSR count). The van der Waals surface area contributed by atoms with E-state index in [4.69, 9.17) is 11.6 Å². The van der Waals surface area contributed by atoms with E-state index in [1.807, 2.05) is 0 Å². The Morgan fingerprint density at radius 2 is 1.82 bits per heavy atom. The highest BCUT2D eigenvalue weighted by Gasteiger charge is 2.37. The van der Waals surface area contributed by atoms with Crippen LogP contribution in [0.4, 0.5) is 24.5 Å². The summed E-state index contributed by atoms with van der Waals surface area (Å²) in [4.78, 5) is 32.4. The first-order chi connectivity index (χ1) is 10.1. The maximum absolute atomic E-state index is 13.8. The number of hydrogen-bond donors (Lipinski definition) is 0. The van der Waals surface area contributed by atoms with E-state index >= 15 is 0 Å². The van der Waals surface area contributed by atoms with E-state index in [9.17, 15) is 32.9 Å². The second kappa shape index (κ2) is 6.60. The number of nitro benzene ring substituents is 1. The first-order valence-corrected chi connectivity index (χ1v) is 5.98. The van der Waals surface area contributed by atoms with Gasteiger partial charge in [-0.15, -0.1) is 0 Å². The molecule has 0 spiro atoms. The molecule has 0 aliphatic rings. The molecule has 0 heterocycles. The summed E-state index contributed by atoms with van der Waals surface area (Å²) in [5.74, 6) is -8.77. The van der Waals surface area contributed by atoms with Crippen LogP contribution in [0.5, 0.6) is 0 Å². The number of amides is 1. The molecule has 0 atom stereocenters. The van der Waals surface area contributed by atoms with Gasteiger partial charge in [0, 0.05) is 7.05 Å². The summed E-state index contributed by atoms with van der Waals surface area (Å²) in [6.45, 7) is 1.17. The van der Waals surface area contributed by atoms with E-state index in [-0.39, 0.29) is 11.5 Å². The van der Waals surface area contributed by atoms with Gasteiger partial charge in [0.2, 0.25) is 5.82 Å².